The van der Waals surface area contributed by atoms with Crippen LogP contribution in [0.25, 0.3) is 0 Å². The summed E-state index contributed by atoms with van der Waals surface area (Å²) in [6, 6.07) is 13.9. The smallest absolute Gasteiger partial charge is 0.236 e. The van der Waals surface area contributed by atoms with Gasteiger partial charge in [0, 0.05) is 25.2 Å². The molecule has 0 aliphatic carbocycles. The number of carbonyl (C=O) groups is 1. The summed E-state index contributed by atoms with van der Waals surface area (Å²) < 4.78 is 12.9. The van der Waals surface area contributed by atoms with Gasteiger partial charge in [-0.15, -0.1) is 0 Å². The van der Waals surface area contributed by atoms with E-state index in [1.807, 2.05) is 36.1 Å². The van der Waals surface area contributed by atoms with Gasteiger partial charge in [0.2, 0.25) is 5.91 Å². The van der Waals surface area contributed by atoms with E-state index in [0.29, 0.717) is 24.7 Å². The van der Waals surface area contributed by atoms with Crippen molar-refractivity contribution in [2.24, 2.45) is 0 Å². The number of nitrogens with zero attached hydrogens (tertiary/aromatic N) is 2. The van der Waals surface area contributed by atoms with Crippen LogP contribution in [0, 0.1) is 5.82 Å². The Morgan fingerprint density at radius 2 is 1.75 bits per heavy atom. The zero-order chi connectivity index (χ0) is 17.5. The third-order valence-electron chi connectivity index (χ3n) is 3.92. The highest BCUT2D eigenvalue weighted by atomic mass is 35.5. The first kappa shape index (κ1) is 18.4. The topological polar surface area (TPSA) is 23.6 Å². The van der Waals surface area contributed by atoms with E-state index < -0.39 is 0 Å². The van der Waals surface area contributed by atoms with Gasteiger partial charge in [-0.25, -0.2) is 4.39 Å². The van der Waals surface area contributed by atoms with E-state index >= 15 is 0 Å². The minimum Gasteiger partial charge on any atom is -0.340 e. The van der Waals surface area contributed by atoms with Crippen LogP contribution in [0.3, 0.4) is 0 Å². The van der Waals surface area contributed by atoms with Crippen LogP contribution >= 0.6 is 11.6 Å². The van der Waals surface area contributed by atoms with E-state index in [9.17, 15) is 9.18 Å². The number of carbonyl (C=O) groups excluding carboxylic acids is 1. The van der Waals surface area contributed by atoms with Gasteiger partial charge in [0.15, 0.2) is 0 Å². The van der Waals surface area contributed by atoms with Crippen LogP contribution in [0.4, 0.5) is 4.39 Å². The van der Waals surface area contributed by atoms with E-state index in [1.165, 1.54) is 12.1 Å². The molecule has 0 N–H and O–H groups in total. The Morgan fingerprint density at radius 3 is 2.38 bits per heavy atom. The van der Waals surface area contributed by atoms with Gasteiger partial charge in [0.05, 0.1) is 6.54 Å². The van der Waals surface area contributed by atoms with Gasteiger partial charge in [-0.3, -0.25) is 9.69 Å². The molecule has 0 aliphatic heterocycles. The standard InChI is InChI=1S/C19H22ClFN2O/c1-3-23(13-16-6-4-5-7-18(16)20)14-19(24)22(2)12-15-8-10-17(21)11-9-15/h4-11H,3,12-14H2,1-2H3. The molecule has 2 aromatic carbocycles. The SMILES string of the molecule is CCN(CC(=O)N(C)Cc1ccc(F)cc1)Cc1ccccc1Cl. The van der Waals surface area contributed by atoms with Crippen molar-refractivity contribution >= 4 is 17.5 Å². The summed E-state index contributed by atoms with van der Waals surface area (Å²) >= 11 is 6.19. The second-order valence-electron chi connectivity index (χ2n) is 5.77. The lowest BCUT2D eigenvalue weighted by Gasteiger charge is -2.24. The first-order chi connectivity index (χ1) is 11.5. The summed E-state index contributed by atoms with van der Waals surface area (Å²) in [5.74, 6) is -0.252. The van der Waals surface area contributed by atoms with Crippen LogP contribution in [0.15, 0.2) is 48.5 Å². The maximum atomic E-state index is 12.9. The van der Waals surface area contributed by atoms with Gasteiger partial charge in [-0.1, -0.05) is 48.9 Å². The number of benzene rings is 2. The largest absolute Gasteiger partial charge is 0.340 e. The monoisotopic (exact) mass is 348 g/mol. The Balaban J connectivity index is 1.93. The molecule has 0 saturated carbocycles. The van der Waals surface area contributed by atoms with Crippen molar-refractivity contribution in [2.45, 2.75) is 20.0 Å². The zero-order valence-corrected chi connectivity index (χ0v) is 14.8. The number of rotatable bonds is 7. The third kappa shape index (κ3) is 5.32. The first-order valence-corrected chi connectivity index (χ1v) is 8.31. The molecule has 128 valence electrons. The molecule has 0 atom stereocenters. The van der Waals surface area contributed by atoms with Crippen molar-refractivity contribution in [1.82, 2.24) is 9.80 Å². The molecule has 0 aliphatic rings. The number of hydrogen-bond acceptors (Lipinski definition) is 2. The van der Waals surface area contributed by atoms with Crippen LogP contribution < -0.4 is 0 Å². The highest BCUT2D eigenvalue weighted by Gasteiger charge is 2.15. The Hall–Kier alpha value is -1.91. The van der Waals surface area contributed by atoms with Gasteiger partial charge in [-0.05, 0) is 35.9 Å². The maximum absolute atomic E-state index is 12.9. The fourth-order valence-corrected chi connectivity index (χ4v) is 2.61. The molecule has 0 fully saturated rings. The first-order valence-electron chi connectivity index (χ1n) is 7.93. The van der Waals surface area contributed by atoms with E-state index in [1.54, 1.807) is 24.1 Å². The molecule has 0 saturated heterocycles. The number of amides is 1. The van der Waals surface area contributed by atoms with Crippen LogP contribution in [-0.4, -0.2) is 35.8 Å². The van der Waals surface area contributed by atoms with Crippen molar-refractivity contribution < 1.29 is 9.18 Å². The lowest BCUT2D eigenvalue weighted by molar-refractivity contribution is -0.131. The molecule has 0 radical (unpaired) electrons. The molecular formula is C19H22ClFN2O. The van der Waals surface area contributed by atoms with E-state index in [-0.39, 0.29) is 11.7 Å². The Bertz CT molecular complexity index is 675. The summed E-state index contributed by atoms with van der Waals surface area (Å²) in [6.45, 7) is 4.18. The Morgan fingerprint density at radius 1 is 1.08 bits per heavy atom. The lowest BCUT2D eigenvalue weighted by atomic mass is 10.2. The fraction of sp³-hybridized carbons (Fsp3) is 0.316. The minimum atomic E-state index is -0.273. The van der Waals surface area contributed by atoms with E-state index in [0.717, 1.165) is 17.7 Å². The van der Waals surface area contributed by atoms with Crippen LogP contribution in [0.1, 0.15) is 18.1 Å². The average molecular weight is 349 g/mol. The molecule has 0 bridgehead atoms. The molecular weight excluding hydrogens is 327 g/mol. The Kier molecular flexibility index (Phi) is 6.76. The molecule has 3 nitrogen and oxygen atoms in total. The van der Waals surface area contributed by atoms with Crippen molar-refractivity contribution in [2.75, 3.05) is 20.1 Å². The maximum Gasteiger partial charge on any atom is 0.236 e. The van der Waals surface area contributed by atoms with Crippen molar-refractivity contribution in [1.29, 1.82) is 0 Å². The van der Waals surface area contributed by atoms with Gasteiger partial charge in [0.25, 0.3) is 0 Å². The lowest BCUT2D eigenvalue weighted by Crippen LogP contribution is -2.37. The number of likely N-dealkylation sites (N-methyl/N-ethyl adjacent to an activating group) is 2. The molecule has 1 amide bonds. The fourth-order valence-electron chi connectivity index (χ4n) is 2.41. The summed E-state index contributed by atoms with van der Waals surface area (Å²) in [4.78, 5) is 16.1. The molecule has 0 unspecified atom stereocenters. The van der Waals surface area contributed by atoms with Gasteiger partial charge in [0.1, 0.15) is 5.82 Å². The molecule has 24 heavy (non-hydrogen) atoms. The molecule has 0 spiro atoms. The summed E-state index contributed by atoms with van der Waals surface area (Å²) in [6.07, 6.45) is 0. The summed E-state index contributed by atoms with van der Waals surface area (Å²) in [5, 5.41) is 0.711. The molecule has 0 heterocycles. The van der Waals surface area contributed by atoms with Crippen LogP contribution in [-0.2, 0) is 17.9 Å². The van der Waals surface area contributed by atoms with Crippen LogP contribution in [0.5, 0.6) is 0 Å². The second-order valence-corrected chi connectivity index (χ2v) is 6.18. The molecule has 0 aromatic heterocycles. The molecule has 2 aromatic rings. The predicted molar refractivity (Wildman–Crippen MR) is 95.3 cm³/mol. The zero-order valence-electron chi connectivity index (χ0n) is 14.0. The van der Waals surface area contributed by atoms with E-state index in [4.69, 9.17) is 11.6 Å². The summed E-state index contributed by atoms with van der Waals surface area (Å²) in [7, 11) is 1.76. The molecule has 2 rings (SSSR count). The second kappa shape index (κ2) is 8.81. The normalized spacial score (nSPS) is 10.9. The Labute approximate surface area is 147 Å². The number of hydrogen-bond donors (Lipinski definition) is 0. The quantitative estimate of drug-likeness (QED) is 0.756. The predicted octanol–water partition coefficient (Wildman–Crippen LogP) is 3.96. The highest BCUT2D eigenvalue weighted by Crippen LogP contribution is 2.17. The van der Waals surface area contributed by atoms with Crippen molar-refractivity contribution in [3.63, 3.8) is 0 Å². The van der Waals surface area contributed by atoms with Crippen molar-refractivity contribution in [3.8, 4) is 0 Å². The highest BCUT2D eigenvalue weighted by molar-refractivity contribution is 6.31. The van der Waals surface area contributed by atoms with Gasteiger partial charge >= 0.3 is 0 Å². The minimum absolute atomic E-state index is 0.0215. The third-order valence-corrected chi connectivity index (χ3v) is 4.29. The number of halogens is 2. The summed E-state index contributed by atoms with van der Waals surface area (Å²) in [5.41, 5.74) is 1.91. The van der Waals surface area contributed by atoms with Crippen molar-refractivity contribution in [3.05, 3.63) is 70.5 Å². The van der Waals surface area contributed by atoms with Gasteiger partial charge < -0.3 is 4.90 Å². The average Bonchev–Trinajstić information content (AvgIpc) is 2.58. The van der Waals surface area contributed by atoms with Gasteiger partial charge in [-0.2, -0.15) is 0 Å². The molecule has 5 heteroatoms. The van der Waals surface area contributed by atoms with Crippen LogP contribution in [0.2, 0.25) is 5.02 Å². The van der Waals surface area contributed by atoms with E-state index in [2.05, 4.69) is 0 Å².